The molecule has 0 aromatic carbocycles. The summed E-state index contributed by atoms with van der Waals surface area (Å²) < 4.78 is 5.27. The van der Waals surface area contributed by atoms with Gasteiger partial charge in [0.2, 0.25) is 5.95 Å². The minimum atomic E-state index is 0.293. The molecular weight excluding hydrogens is 194 g/mol. The maximum Gasteiger partial charge on any atom is 0.223 e. The topological polar surface area (TPSA) is 77.2 Å². The van der Waals surface area contributed by atoms with Crippen molar-refractivity contribution in [2.45, 2.75) is 6.42 Å². The van der Waals surface area contributed by atoms with Gasteiger partial charge >= 0.3 is 0 Å². The maximum absolute atomic E-state index is 5.47. The van der Waals surface area contributed by atoms with Crippen LogP contribution in [0.1, 0.15) is 5.82 Å². The fourth-order valence-electron chi connectivity index (χ4n) is 1.55. The standard InChI is InChI=1S/C9H15N5O/c10-9-12-7-11-8(13-9)1-2-14-3-5-15-6-4-14/h7H,1-6H2,(H2,10,11,12,13). The van der Waals surface area contributed by atoms with Crippen molar-refractivity contribution in [3.05, 3.63) is 12.2 Å². The lowest BCUT2D eigenvalue weighted by Gasteiger charge is -2.26. The highest BCUT2D eigenvalue weighted by molar-refractivity contribution is 5.12. The van der Waals surface area contributed by atoms with Crippen molar-refractivity contribution in [1.82, 2.24) is 19.9 Å². The van der Waals surface area contributed by atoms with Gasteiger partial charge in [-0.3, -0.25) is 4.90 Å². The summed E-state index contributed by atoms with van der Waals surface area (Å²) in [6, 6.07) is 0. The molecule has 0 aliphatic carbocycles. The molecule has 6 nitrogen and oxygen atoms in total. The largest absolute Gasteiger partial charge is 0.379 e. The predicted octanol–water partition coefficient (Wildman–Crippen LogP) is -0.671. The molecule has 0 radical (unpaired) electrons. The minimum Gasteiger partial charge on any atom is -0.379 e. The highest BCUT2D eigenvalue weighted by Crippen LogP contribution is 1.99. The Morgan fingerprint density at radius 2 is 2.13 bits per heavy atom. The molecule has 2 rings (SSSR count). The molecule has 1 aromatic heterocycles. The number of hydrogen-bond donors (Lipinski definition) is 1. The summed E-state index contributed by atoms with van der Waals surface area (Å²) >= 11 is 0. The number of rotatable bonds is 3. The lowest BCUT2D eigenvalue weighted by molar-refractivity contribution is 0.0382. The van der Waals surface area contributed by atoms with E-state index in [1.165, 1.54) is 6.33 Å². The van der Waals surface area contributed by atoms with Crippen LogP contribution < -0.4 is 5.73 Å². The number of nitrogen functional groups attached to an aromatic ring is 1. The monoisotopic (exact) mass is 209 g/mol. The third-order valence-electron chi connectivity index (χ3n) is 2.40. The smallest absolute Gasteiger partial charge is 0.223 e. The van der Waals surface area contributed by atoms with Crippen molar-refractivity contribution in [2.75, 3.05) is 38.6 Å². The molecule has 0 saturated carbocycles. The van der Waals surface area contributed by atoms with Crippen molar-refractivity contribution < 1.29 is 4.74 Å². The van der Waals surface area contributed by atoms with E-state index in [9.17, 15) is 0 Å². The van der Waals surface area contributed by atoms with E-state index >= 15 is 0 Å². The van der Waals surface area contributed by atoms with Crippen LogP contribution in [0.15, 0.2) is 6.33 Å². The zero-order valence-corrected chi connectivity index (χ0v) is 8.59. The van der Waals surface area contributed by atoms with Gasteiger partial charge in [0, 0.05) is 26.1 Å². The Morgan fingerprint density at radius 1 is 1.33 bits per heavy atom. The first-order valence-electron chi connectivity index (χ1n) is 5.08. The second-order valence-electron chi connectivity index (χ2n) is 3.46. The van der Waals surface area contributed by atoms with Gasteiger partial charge in [0.15, 0.2) is 0 Å². The van der Waals surface area contributed by atoms with Crippen molar-refractivity contribution in [1.29, 1.82) is 0 Å². The fraction of sp³-hybridized carbons (Fsp3) is 0.667. The zero-order valence-electron chi connectivity index (χ0n) is 8.59. The van der Waals surface area contributed by atoms with Gasteiger partial charge in [0.05, 0.1) is 13.2 Å². The van der Waals surface area contributed by atoms with Gasteiger partial charge in [0.25, 0.3) is 0 Å². The first-order chi connectivity index (χ1) is 7.34. The van der Waals surface area contributed by atoms with Crippen LogP contribution in [0.4, 0.5) is 5.95 Å². The molecule has 0 unspecified atom stereocenters. The number of ether oxygens (including phenoxy) is 1. The predicted molar refractivity (Wildman–Crippen MR) is 55.2 cm³/mol. The SMILES string of the molecule is Nc1ncnc(CCN2CCOCC2)n1. The molecule has 82 valence electrons. The molecule has 0 spiro atoms. The average molecular weight is 209 g/mol. The van der Waals surface area contributed by atoms with E-state index in [2.05, 4.69) is 19.9 Å². The molecule has 0 bridgehead atoms. The Labute approximate surface area is 88.5 Å². The van der Waals surface area contributed by atoms with Crippen LogP contribution in [-0.2, 0) is 11.2 Å². The van der Waals surface area contributed by atoms with Gasteiger partial charge in [-0.25, -0.2) is 9.97 Å². The van der Waals surface area contributed by atoms with Gasteiger partial charge in [0.1, 0.15) is 12.2 Å². The van der Waals surface area contributed by atoms with Crippen molar-refractivity contribution >= 4 is 5.95 Å². The van der Waals surface area contributed by atoms with E-state index in [-0.39, 0.29) is 0 Å². The Kier molecular flexibility index (Phi) is 3.41. The summed E-state index contributed by atoms with van der Waals surface area (Å²) in [5.74, 6) is 1.05. The number of morpholine rings is 1. The molecule has 1 aromatic rings. The molecule has 2 N–H and O–H groups in total. The van der Waals surface area contributed by atoms with Gasteiger partial charge in [-0.05, 0) is 0 Å². The fourth-order valence-corrected chi connectivity index (χ4v) is 1.55. The third kappa shape index (κ3) is 3.10. The lowest BCUT2D eigenvalue weighted by Crippen LogP contribution is -2.37. The Hall–Kier alpha value is -1.27. The van der Waals surface area contributed by atoms with Crippen molar-refractivity contribution in [3.8, 4) is 0 Å². The van der Waals surface area contributed by atoms with E-state index < -0.39 is 0 Å². The van der Waals surface area contributed by atoms with Crippen molar-refractivity contribution in [2.24, 2.45) is 0 Å². The molecule has 1 fully saturated rings. The van der Waals surface area contributed by atoms with Gasteiger partial charge < -0.3 is 10.5 Å². The van der Waals surface area contributed by atoms with Crippen LogP contribution in [0.3, 0.4) is 0 Å². The van der Waals surface area contributed by atoms with E-state index in [1.54, 1.807) is 0 Å². The zero-order chi connectivity index (χ0) is 10.5. The van der Waals surface area contributed by atoms with E-state index in [0.29, 0.717) is 5.95 Å². The number of hydrogen-bond acceptors (Lipinski definition) is 6. The second kappa shape index (κ2) is 4.99. The average Bonchev–Trinajstić information content (AvgIpc) is 2.28. The van der Waals surface area contributed by atoms with Crippen LogP contribution in [0.25, 0.3) is 0 Å². The minimum absolute atomic E-state index is 0.293. The van der Waals surface area contributed by atoms with Gasteiger partial charge in [-0.1, -0.05) is 0 Å². The molecule has 6 heteroatoms. The van der Waals surface area contributed by atoms with Crippen LogP contribution >= 0.6 is 0 Å². The Morgan fingerprint density at radius 3 is 2.87 bits per heavy atom. The molecule has 1 aliphatic heterocycles. The normalized spacial score (nSPS) is 17.9. The number of anilines is 1. The summed E-state index contributed by atoms with van der Waals surface area (Å²) in [6.07, 6.45) is 2.27. The number of nitrogens with zero attached hydrogens (tertiary/aromatic N) is 4. The highest BCUT2D eigenvalue weighted by Gasteiger charge is 2.10. The summed E-state index contributed by atoms with van der Waals surface area (Å²) in [6.45, 7) is 4.56. The second-order valence-corrected chi connectivity index (χ2v) is 3.46. The Bertz CT molecular complexity index is 313. The van der Waals surface area contributed by atoms with Gasteiger partial charge in [-0.2, -0.15) is 4.98 Å². The van der Waals surface area contributed by atoms with Crippen LogP contribution in [0.5, 0.6) is 0 Å². The first kappa shape index (κ1) is 10.3. The molecule has 1 aliphatic rings. The molecule has 15 heavy (non-hydrogen) atoms. The van der Waals surface area contributed by atoms with Crippen molar-refractivity contribution in [3.63, 3.8) is 0 Å². The quantitative estimate of drug-likeness (QED) is 0.711. The van der Waals surface area contributed by atoms with Gasteiger partial charge in [-0.15, -0.1) is 0 Å². The summed E-state index contributed by atoms with van der Waals surface area (Å²) in [5.41, 5.74) is 5.47. The van der Waals surface area contributed by atoms with Crippen LogP contribution in [0.2, 0.25) is 0 Å². The Balaban J connectivity index is 1.81. The summed E-state index contributed by atoms with van der Waals surface area (Å²) in [7, 11) is 0. The van der Waals surface area contributed by atoms with E-state index in [0.717, 1.165) is 45.1 Å². The highest BCUT2D eigenvalue weighted by atomic mass is 16.5. The van der Waals surface area contributed by atoms with E-state index in [1.807, 2.05) is 0 Å². The first-order valence-corrected chi connectivity index (χ1v) is 5.08. The molecule has 2 heterocycles. The molecular formula is C9H15N5O. The molecule has 0 amide bonds. The lowest BCUT2D eigenvalue weighted by atomic mass is 10.3. The summed E-state index contributed by atoms with van der Waals surface area (Å²) in [5, 5.41) is 0. The summed E-state index contributed by atoms with van der Waals surface area (Å²) in [4.78, 5) is 14.2. The van der Waals surface area contributed by atoms with Crippen LogP contribution in [-0.4, -0.2) is 52.7 Å². The number of aromatic nitrogens is 3. The molecule has 1 saturated heterocycles. The maximum atomic E-state index is 5.47. The van der Waals surface area contributed by atoms with Crippen LogP contribution in [0, 0.1) is 0 Å². The third-order valence-corrected chi connectivity index (χ3v) is 2.40. The number of nitrogens with two attached hydrogens (primary N) is 1. The van der Waals surface area contributed by atoms with E-state index in [4.69, 9.17) is 10.5 Å². The molecule has 0 atom stereocenters.